The van der Waals surface area contributed by atoms with Crippen molar-refractivity contribution in [3.05, 3.63) is 18.3 Å². The van der Waals surface area contributed by atoms with Crippen molar-refractivity contribution in [1.29, 1.82) is 0 Å². The second kappa shape index (κ2) is 6.51. The Morgan fingerprint density at radius 2 is 2.10 bits per heavy atom. The smallest absolute Gasteiger partial charge is 0.243 e. The fraction of sp³-hybridized carbons (Fsp3) is 0.615. The maximum atomic E-state index is 12.7. The summed E-state index contributed by atoms with van der Waals surface area (Å²) in [5.41, 5.74) is 0. The zero-order valence-electron chi connectivity index (χ0n) is 12.0. The van der Waals surface area contributed by atoms with Crippen LogP contribution < -0.4 is 5.32 Å². The Labute approximate surface area is 120 Å². The molecule has 0 spiro atoms. The van der Waals surface area contributed by atoms with Crippen LogP contribution in [0.2, 0.25) is 0 Å². The summed E-state index contributed by atoms with van der Waals surface area (Å²) in [7, 11) is -1.40. The molecule has 1 N–H and O–H groups in total. The third-order valence-electron chi connectivity index (χ3n) is 3.41. The molecule has 1 fully saturated rings. The zero-order chi connectivity index (χ0) is 14.6. The molecule has 1 aliphatic heterocycles. The number of sulfonamides is 1. The Balaban J connectivity index is 2.22. The van der Waals surface area contributed by atoms with Gasteiger partial charge in [-0.1, -0.05) is 0 Å². The van der Waals surface area contributed by atoms with Gasteiger partial charge in [-0.15, -0.1) is 0 Å². The van der Waals surface area contributed by atoms with E-state index in [0.717, 1.165) is 19.5 Å². The van der Waals surface area contributed by atoms with Crippen LogP contribution in [0.3, 0.4) is 0 Å². The number of anilines is 1. The molecule has 0 bridgehead atoms. The van der Waals surface area contributed by atoms with Crippen LogP contribution in [-0.2, 0) is 10.0 Å². The average Bonchev–Trinajstić information content (AvgIpc) is 2.65. The van der Waals surface area contributed by atoms with Gasteiger partial charge in [0.1, 0.15) is 5.82 Å². The standard InChI is InChI=1S/C13H22N4O2S/c1-3-14-13-11-12(5-6-15-13)20(18,19)17-8-4-7-16(2)9-10-17/h5-6,11H,3-4,7-10H2,1-2H3,(H,14,15). The summed E-state index contributed by atoms with van der Waals surface area (Å²) in [6.45, 7) is 5.48. The highest BCUT2D eigenvalue weighted by Crippen LogP contribution is 2.19. The van der Waals surface area contributed by atoms with Crippen LogP contribution in [0.5, 0.6) is 0 Å². The van der Waals surface area contributed by atoms with Crippen molar-refractivity contribution in [3.63, 3.8) is 0 Å². The van der Waals surface area contributed by atoms with E-state index in [0.29, 0.717) is 30.3 Å². The van der Waals surface area contributed by atoms with Gasteiger partial charge < -0.3 is 10.2 Å². The highest BCUT2D eigenvalue weighted by Gasteiger charge is 2.26. The van der Waals surface area contributed by atoms with E-state index in [-0.39, 0.29) is 0 Å². The van der Waals surface area contributed by atoms with Gasteiger partial charge in [0.2, 0.25) is 10.0 Å². The molecule has 0 radical (unpaired) electrons. The summed E-state index contributed by atoms with van der Waals surface area (Å²) in [6.07, 6.45) is 2.40. The lowest BCUT2D eigenvalue weighted by atomic mass is 10.4. The summed E-state index contributed by atoms with van der Waals surface area (Å²) >= 11 is 0. The fourth-order valence-corrected chi connectivity index (χ4v) is 3.74. The van der Waals surface area contributed by atoms with Gasteiger partial charge in [0.25, 0.3) is 0 Å². The van der Waals surface area contributed by atoms with Crippen LogP contribution in [0.1, 0.15) is 13.3 Å². The third kappa shape index (κ3) is 3.47. The van der Waals surface area contributed by atoms with Crippen LogP contribution in [-0.4, -0.2) is 62.4 Å². The molecule has 0 saturated carbocycles. The first-order chi connectivity index (χ1) is 9.54. The van der Waals surface area contributed by atoms with Crippen LogP contribution in [0, 0.1) is 0 Å². The van der Waals surface area contributed by atoms with Crippen molar-refractivity contribution in [1.82, 2.24) is 14.2 Å². The number of likely N-dealkylation sites (N-methyl/N-ethyl adjacent to an activating group) is 1. The second-order valence-electron chi connectivity index (χ2n) is 4.97. The van der Waals surface area contributed by atoms with E-state index in [9.17, 15) is 8.42 Å². The number of pyridine rings is 1. The molecule has 0 unspecified atom stereocenters. The van der Waals surface area contributed by atoms with Gasteiger partial charge >= 0.3 is 0 Å². The van der Waals surface area contributed by atoms with Crippen LogP contribution >= 0.6 is 0 Å². The average molecular weight is 298 g/mol. The van der Waals surface area contributed by atoms with E-state index in [1.54, 1.807) is 16.4 Å². The molecule has 1 aromatic rings. The summed E-state index contributed by atoms with van der Waals surface area (Å²) in [6, 6.07) is 3.16. The third-order valence-corrected chi connectivity index (χ3v) is 5.30. The first kappa shape index (κ1) is 15.2. The predicted molar refractivity (Wildman–Crippen MR) is 79.3 cm³/mol. The minimum Gasteiger partial charge on any atom is -0.370 e. The fourth-order valence-electron chi connectivity index (χ4n) is 2.26. The van der Waals surface area contributed by atoms with E-state index >= 15 is 0 Å². The van der Waals surface area contributed by atoms with Crippen molar-refractivity contribution >= 4 is 15.8 Å². The monoisotopic (exact) mass is 298 g/mol. The largest absolute Gasteiger partial charge is 0.370 e. The number of hydrogen-bond donors (Lipinski definition) is 1. The number of hydrogen-bond acceptors (Lipinski definition) is 5. The molecular formula is C13H22N4O2S. The first-order valence-electron chi connectivity index (χ1n) is 6.92. The maximum Gasteiger partial charge on any atom is 0.243 e. The number of nitrogens with zero attached hydrogens (tertiary/aromatic N) is 3. The molecule has 1 aromatic heterocycles. The minimum atomic E-state index is -3.42. The molecular weight excluding hydrogens is 276 g/mol. The molecule has 6 nitrogen and oxygen atoms in total. The van der Waals surface area contributed by atoms with Crippen LogP contribution in [0.25, 0.3) is 0 Å². The summed E-state index contributed by atoms with van der Waals surface area (Å²) < 4.78 is 26.9. The van der Waals surface area contributed by atoms with E-state index in [2.05, 4.69) is 15.2 Å². The second-order valence-corrected chi connectivity index (χ2v) is 6.91. The number of aromatic nitrogens is 1. The normalized spacial score (nSPS) is 18.7. The molecule has 0 amide bonds. The number of rotatable bonds is 4. The minimum absolute atomic E-state index is 0.313. The molecule has 0 aliphatic carbocycles. The van der Waals surface area contributed by atoms with Gasteiger partial charge in [0.05, 0.1) is 4.90 Å². The van der Waals surface area contributed by atoms with Crippen molar-refractivity contribution < 1.29 is 8.42 Å². The Kier molecular flexibility index (Phi) is 4.95. The molecule has 112 valence electrons. The molecule has 20 heavy (non-hydrogen) atoms. The Hall–Kier alpha value is -1.18. The maximum absolute atomic E-state index is 12.7. The lowest BCUT2D eigenvalue weighted by Gasteiger charge is -2.20. The summed E-state index contributed by atoms with van der Waals surface area (Å²) in [5.74, 6) is 0.598. The Morgan fingerprint density at radius 1 is 1.30 bits per heavy atom. The highest BCUT2D eigenvalue weighted by molar-refractivity contribution is 7.89. The lowest BCUT2D eigenvalue weighted by Crippen LogP contribution is -2.34. The summed E-state index contributed by atoms with van der Waals surface area (Å²) in [4.78, 5) is 6.59. The van der Waals surface area contributed by atoms with E-state index < -0.39 is 10.0 Å². The van der Waals surface area contributed by atoms with Gasteiger partial charge in [0.15, 0.2) is 0 Å². The SMILES string of the molecule is CCNc1cc(S(=O)(=O)N2CCCN(C)CC2)ccn1. The predicted octanol–water partition coefficient (Wildman–Crippen LogP) is 0.840. The molecule has 1 aliphatic rings. The van der Waals surface area contributed by atoms with E-state index in [1.165, 1.54) is 6.20 Å². The van der Waals surface area contributed by atoms with Gasteiger partial charge in [-0.25, -0.2) is 13.4 Å². The highest BCUT2D eigenvalue weighted by atomic mass is 32.2. The van der Waals surface area contributed by atoms with Crippen molar-refractivity contribution in [2.24, 2.45) is 0 Å². The van der Waals surface area contributed by atoms with Gasteiger partial charge in [-0.05, 0) is 33.0 Å². The molecule has 2 rings (SSSR count). The van der Waals surface area contributed by atoms with Crippen molar-refractivity contribution in [3.8, 4) is 0 Å². The van der Waals surface area contributed by atoms with Gasteiger partial charge in [-0.3, -0.25) is 0 Å². The van der Waals surface area contributed by atoms with Gasteiger partial charge in [0, 0.05) is 38.4 Å². The molecule has 7 heteroatoms. The Morgan fingerprint density at radius 3 is 2.85 bits per heavy atom. The molecule has 1 saturated heterocycles. The van der Waals surface area contributed by atoms with Crippen molar-refractivity contribution in [2.45, 2.75) is 18.2 Å². The quantitative estimate of drug-likeness (QED) is 0.892. The van der Waals surface area contributed by atoms with Gasteiger partial charge in [-0.2, -0.15) is 4.31 Å². The van der Waals surface area contributed by atoms with Crippen molar-refractivity contribution in [2.75, 3.05) is 45.1 Å². The van der Waals surface area contributed by atoms with Crippen LogP contribution in [0.15, 0.2) is 23.2 Å². The Bertz CT molecular complexity index is 547. The first-order valence-corrected chi connectivity index (χ1v) is 8.36. The topological polar surface area (TPSA) is 65.5 Å². The molecule has 2 heterocycles. The summed E-state index contributed by atoms with van der Waals surface area (Å²) in [5, 5.41) is 3.04. The van der Waals surface area contributed by atoms with E-state index in [4.69, 9.17) is 0 Å². The molecule has 0 atom stereocenters. The van der Waals surface area contributed by atoms with E-state index in [1.807, 2.05) is 14.0 Å². The number of nitrogens with one attached hydrogen (secondary N) is 1. The molecule has 0 aromatic carbocycles. The lowest BCUT2D eigenvalue weighted by molar-refractivity contribution is 0.347. The zero-order valence-corrected chi connectivity index (χ0v) is 12.9. The van der Waals surface area contributed by atoms with Crippen LogP contribution in [0.4, 0.5) is 5.82 Å².